The molecule has 2 fully saturated rings. The summed E-state index contributed by atoms with van der Waals surface area (Å²) in [7, 11) is 0. The molecule has 5 rings (SSSR count). The minimum absolute atomic E-state index is 0.0354. The van der Waals surface area contributed by atoms with Crippen LogP contribution in [0.4, 0.5) is 4.79 Å². The van der Waals surface area contributed by atoms with Crippen LogP contribution in [0.25, 0.3) is 0 Å². The average Bonchev–Trinajstić information content (AvgIpc) is 3.32. The Morgan fingerprint density at radius 1 is 1.00 bits per heavy atom. The van der Waals surface area contributed by atoms with E-state index in [1.807, 2.05) is 40.6 Å². The van der Waals surface area contributed by atoms with Crippen molar-refractivity contribution in [2.24, 2.45) is 0 Å². The molecule has 0 unspecified atom stereocenters. The lowest BCUT2D eigenvalue weighted by molar-refractivity contribution is -0.133. The lowest BCUT2D eigenvalue weighted by Crippen LogP contribution is -2.50. The molecule has 2 heterocycles. The van der Waals surface area contributed by atoms with Gasteiger partial charge < -0.3 is 24.6 Å². The van der Waals surface area contributed by atoms with E-state index in [0.717, 1.165) is 54.7 Å². The van der Waals surface area contributed by atoms with E-state index in [1.165, 1.54) is 6.42 Å². The molecule has 1 N–H and O–H groups in total. The SMILES string of the molecule is O=C(CN(C(=O)NC1CCCCC1)C1CC1)N(Cc1ccc2c(c1)OCO2)Cc1cccs1. The van der Waals surface area contributed by atoms with E-state index < -0.39 is 0 Å². The molecule has 0 saturated heterocycles. The predicted molar refractivity (Wildman–Crippen MR) is 126 cm³/mol. The fraction of sp³-hybridized carbons (Fsp3) is 0.520. The van der Waals surface area contributed by atoms with Gasteiger partial charge in [-0.05, 0) is 54.8 Å². The van der Waals surface area contributed by atoms with Crippen molar-refractivity contribution in [3.8, 4) is 11.5 Å². The molecule has 0 spiro atoms. The fourth-order valence-electron chi connectivity index (χ4n) is 4.59. The fourth-order valence-corrected chi connectivity index (χ4v) is 5.31. The van der Waals surface area contributed by atoms with Crippen molar-refractivity contribution in [2.75, 3.05) is 13.3 Å². The van der Waals surface area contributed by atoms with E-state index in [1.54, 1.807) is 16.2 Å². The van der Waals surface area contributed by atoms with E-state index in [9.17, 15) is 9.59 Å². The van der Waals surface area contributed by atoms with Gasteiger partial charge >= 0.3 is 6.03 Å². The van der Waals surface area contributed by atoms with E-state index >= 15 is 0 Å². The van der Waals surface area contributed by atoms with Gasteiger partial charge in [0.1, 0.15) is 6.54 Å². The van der Waals surface area contributed by atoms with Gasteiger partial charge in [-0.15, -0.1) is 11.3 Å². The summed E-state index contributed by atoms with van der Waals surface area (Å²) < 4.78 is 10.9. The average molecular weight is 470 g/mol. The van der Waals surface area contributed by atoms with E-state index in [4.69, 9.17) is 9.47 Å². The number of nitrogens with zero attached hydrogens (tertiary/aromatic N) is 2. The zero-order valence-corrected chi connectivity index (χ0v) is 19.6. The summed E-state index contributed by atoms with van der Waals surface area (Å²) in [6.45, 7) is 1.31. The molecule has 1 aromatic carbocycles. The molecule has 0 bridgehead atoms. The maximum atomic E-state index is 13.5. The minimum atomic E-state index is -0.0862. The van der Waals surface area contributed by atoms with Gasteiger partial charge in [0.05, 0.1) is 6.54 Å². The first kappa shape index (κ1) is 22.1. The molecule has 1 aromatic heterocycles. The number of thiophene rings is 1. The first-order chi connectivity index (χ1) is 16.2. The van der Waals surface area contributed by atoms with Crippen molar-refractivity contribution in [1.82, 2.24) is 15.1 Å². The molecular weight excluding hydrogens is 438 g/mol. The molecule has 33 heavy (non-hydrogen) atoms. The third kappa shape index (κ3) is 5.61. The van der Waals surface area contributed by atoms with Crippen molar-refractivity contribution >= 4 is 23.3 Å². The third-order valence-electron chi connectivity index (χ3n) is 6.58. The van der Waals surface area contributed by atoms with Crippen molar-refractivity contribution in [3.05, 3.63) is 46.2 Å². The molecule has 0 atom stereocenters. The Labute approximate surface area is 198 Å². The Hall–Kier alpha value is -2.74. The Morgan fingerprint density at radius 2 is 1.82 bits per heavy atom. The second-order valence-electron chi connectivity index (χ2n) is 9.16. The van der Waals surface area contributed by atoms with Crippen LogP contribution in [0, 0.1) is 0 Å². The summed E-state index contributed by atoms with van der Waals surface area (Å²) >= 11 is 1.63. The van der Waals surface area contributed by atoms with Gasteiger partial charge in [0.2, 0.25) is 12.7 Å². The van der Waals surface area contributed by atoms with E-state index in [0.29, 0.717) is 18.8 Å². The standard InChI is InChI=1S/C25H31N3O4S/c29-24(16-28(20-9-10-20)25(30)26-19-5-2-1-3-6-19)27(15-21-7-4-12-33-21)14-18-8-11-22-23(13-18)32-17-31-22/h4,7-8,11-13,19-20H,1-3,5-6,9-10,14-17H2,(H,26,30). The number of benzene rings is 1. The number of carbonyl (C=O) groups is 2. The number of nitrogens with one attached hydrogen (secondary N) is 1. The van der Waals surface area contributed by atoms with Crippen LogP contribution in [0.3, 0.4) is 0 Å². The summed E-state index contributed by atoms with van der Waals surface area (Å²) in [5.74, 6) is 1.41. The highest BCUT2D eigenvalue weighted by molar-refractivity contribution is 7.09. The van der Waals surface area contributed by atoms with Crippen molar-refractivity contribution < 1.29 is 19.1 Å². The second kappa shape index (κ2) is 10.0. The second-order valence-corrected chi connectivity index (χ2v) is 10.2. The van der Waals surface area contributed by atoms with Gasteiger partial charge in [-0.3, -0.25) is 4.79 Å². The zero-order valence-electron chi connectivity index (χ0n) is 18.8. The highest BCUT2D eigenvalue weighted by Crippen LogP contribution is 2.33. The summed E-state index contributed by atoms with van der Waals surface area (Å²) in [5.41, 5.74) is 0.980. The molecule has 0 radical (unpaired) electrons. The number of fused-ring (bicyclic) bond motifs is 1. The molecular formula is C25H31N3O4S. The van der Waals surface area contributed by atoms with E-state index in [-0.39, 0.29) is 37.4 Å². The van der Waals surface area contributed by atoms with Gasteiger partial charge in [-0.1, -0.05) is 31.4 Å². The highest BCUT2D eigenvalue weighted by Gasteiger charge is 2.35. The maximum Gasteiger partial charge on any atom is 0.318 e. The molecule has 7 nitrogen and oxygen atoms in total. The first-order valence-electron chi connectivity index (χ1n) is 11.9. The molecule has 176 valence electrons. The van der Waals surface area contributed by atoms with Crippen LogP contribution in [0.5, 0.6) is 11.5 Å². The topological polar surface area (TPSA) is 71.1 Å². The number of urea groups is 1. The van der Waals surface area contributed by atoms with Gasteiger partial charge in [-0.2, -0.15) is 0 Å². The summed E-state index contributed by atoms with van der Waals surface area (Å²) in [6.07, 6.45) is 7.58. The van der Waals surface area contributed by atoms with Crippen LogP contribution in [0.15, 0.2) is 35.7 Å². The largest absolute Gasteiger partial charge is 0.454 e. The Bertz CT molecular complexity index is 970. The zero-order chi connectivity index (χ0) is 22.6. The summed E-state index contributed by atoms with van der Waals surface area (Å²) in [5, 5.41) is 5.22. The number of carbonyl (C=O) groups excluding carboxylic acids is 2. The molecule has 1 aliphatic heterocycles. The molecule has 3 amide bonds. The van der Waals surface area contributed by atoms with Crippen molar-refractivity contribution in [3.63, 3.8) is 0 Å². The lowest BCUT2D eigenvalue weighted by Gasteiger charge is -2.30. The van der Waals surface area contributed by atoms with Crippen LogP contribution < -0.4 is 14.8 Å². The molecule has 2 aromatic rings. The van der Waals surface area contributed by atoms with Crippen molar-refractivity contribution in [1.29, 1.82) is 0 Å². The van der Waals surface area contributed by atoms with Gasteiger partial charge in [-0.25, -0.2) is 4.79 Å². The number of hydrogen-bond acceptors (Lipinski definition) is 5. The Balaban J connectivity index is 1.28. The molecule has 2 saturated carbocycles. The van der Waals surface area contributed by atoms with E-state index in [2.05, 4.69) is 5.32 Å². The molecule has 3 aliphatic rings. The third-order valence-corrected chi connectivity index (χ3v) is 7.44. The monoisotopic (exact) mass is 469 g/mol. The maximum absolute atomic E-state index is 13.5. The lowest BCUT2D eigenvalue weighted by atomic mass is 9.96. The first-order valence-corrected chi connectivity index (χ1v) is 12.8. The number of hydrogen-bond donors (Lipinski definition) is 1. The smallest absolute Gasteiger partial charge is 0.318 e. The van der Waals surface area contributed by atoms with Gasteiger partial charge in [0.25, 0.3) is 0 Å². The van der Waals surface area contributed by atoms with Crippen LogP contribution in [-0.4, -0.2) is 47.2 Å². The molecule has 2 aliphatic carbocycles. The van der Waals surface area contributed by atoms with Crippen LogP contribution >= 0.6 is 11.3 Å². The number of ether oxygens (including phenoxy) is 2. The highest BCUT2D eigenvalue weighted by atomic mass is 32.1. The molecule has 8 heteroatoms. The minimum Gasteiger partial charge on any atom is -0.454 e. The summed E-state index contributed by atoms with van der Waals surface area (Å²) in [6, 6.07) is 10.2. The van der Waals surface area contributed by atoms with Crippen LogP contribution in [0.1, 0.15) is 55.4 Å². The summed E-state index contributed by atoms with van der Waals surface area (Å²) in [4.78, 5) is 31.3. The number of rotatable bonds is 8. The quantitative estimate of drug-likeness (QED) is 0.617. The van der Waals surface area contributed by atoms with Crippen molar-refractivity contribution in [2.45, 2.75) is 70.1 Å². The van der Waals surface area contributed by atoms with Crippen LogP contribution in [0.2, 0.25) is 0 Å². The predicted octanol–water partition coefficient (Wildman–Crippen LogP) is 4.51. The number of amides is 3. The Morgan fingerprint density at radius 3 is 2.58 bits per heavy atom. The Kier molecular flexibility index (Phi) is 6.71. The van der Waals surface area contributed by atoms with Crippen LogP contribution in [-0.2, 0) is 17.9 Å². The normalized spacial score (nSPS) is 17.6. The van der Waals surface area contributed by atoms with Gasteiger partial charge in [0.15, 0.2) is 11.5 Å². The van der Waals surface area contributed by atoms with Gasteiger partial charge in [0, 0.05) is 23.5 Å².